The van der Waals surface area contributed by atoms with Crippen LogP contribution in [0.5, 0.6) is 0 Å². The molecule has 0 aliphatic rings. The second kappa shape index (κ2) is 3.14. The summed E-state index contributed by atoms with van der Waals surface area (Å²) < 4.78 is 1.34. The largest absolute Gasteiger partial charge is 0.480 e. The Balaban J connectivity index is 2.79. The molecular weight excluding hydrogens is 146 g/mol. The van der Waals surface area contributed by atoms with E-state index in [4.69, 9.17) is 5.11 Å². The first kappa shape index (κ1) is 7.71. The van der Waals surface area contributed by atoms with Gasteiger partial charge in [0.05, 0.1) is 0 Å². The summed E-state index contributed by atoms with van der Waals surface area (Å²) in [6.45, 7) is 1.79. The Morgan fingerprint density at radius 1 is 1.82 bits per heavy atom. The Morgan fingerprint density at radius 2 is 2.55 bits per heavy atom. The van der Waals surface area contributed by atoms with Crippen LogP contribution in [0.1, 0.15) is 19.4 Å². The first-order valence-electron chi connectivity index (χ1n) is 3.32. The summed E-state index contributed by atoms with van der Waals surface area (Å²) in [5, 5.41) is 12.4. The number of nitrogens with zero attached hydrogens (tertiary/aromatic N) is 3. The van der Waals surface area contributed by atoms with Gasteiger partial charge < -0.3 is 5.11 Å². The third kappa shape index (κ3) is 1.54. The van der Waals surface area contributed by atoms with Gasteiger partial charge in [0.15, 0.2) is 6.04 Å². The lowest BCUT2D eigenvalue weighted by Crippen LogP contribution is -2.18. The lowest BCUT2D eigenvalue weighted by Gasteiger charge is -2.07. The third-order valence-electron chi connectivity index (χ3n) is 1.43. The third-order valence-corrected chi connectivity index (χ3v) is 1.43. The van der Waals surface area contributed by atoms with E-state index in [1.54, 1.807) is 6.92 Å². The first-order valence-corrected chi connectivity index (χ1v) is 3.32. The minimum absolute atomic E-state index is 0.513. The average molecular weight is 155 g/mol. The second-order valence-corrected chi connectivity index (χ2v) is 2.14. The van der Waals surface area contributed by atoms with E-state index >= 15 is 0 Å². The monoisotopic (exact) mass is 155 g/mol. The minimum atomic E-state index is -0.877. The van der Waals surface area contributed by atoms with E-state index in [2.05, 4.69) is 10.1 Å². The van der Waals surface area contributed by atoms with Gasteiger partial charge in [-0.3, -0.25) is 0 Å². The Labute approximate surface area is 63.7 Å². The van der Waals surface area contributed by atoms with Gasteiger partial charge in [-0.1, -0.05) is 6.92 Å². The molecule has 1 atom stereocenters. The topological polar surface area (TPSA) is 68.0 Å². The number of rotatable bonds is 3. The zero-order valence-corrected chi connectivity index (χ0v) is 6.14. The van der Waals surface area contributed by atoms with Crippen LogP contribution in [0, 0.1) is 0 Å². The summed E-state index contributed by atoms with van der Waals surface area (Å²) >= 11 is 0. The number of aromatic nitrogens is 3. The molecular formula is C6H9N3O2. The molecule has 0 aliphatic carbocycles. The zero-order chi connectivity index (χ0) is 8.27. The van der Waals surface area contributed by atoms with E-state index in [0.717, 1.165) is 0 Å². The fourth-order valence-electron chi connectivity index (χ4n) is 0.853. The quantitative estimate of drug-likeness (QED) is 0.682. The molecule has 1 heterocycles. The highest BCUT2D eigenvalue weighted by molar-refractivity contribution is 5.71. The van der Waals surface area contributed by atoms with Crippen LogP contribution in [0.2, 0.25) is 0 Å². The lowest BCUT2D eigenvalue weighted by molar-refractivity contribution is -0.141. The standard InChI is InChI=1S/C6H9N3O2/c1-2-5(6(10)11)9-4-7-3-8-9/h3-5H,2H2,1H3,(H,10,11)/t5-/m1/s1. The van der Waals surface area contributed by atoms with Crippen LogP contribution in [0.3, 0.4) is 0 Å². The van der Waals surface area contributed by atoms with Crippen molar-refractivity contribution in [3.63, 3.8) is 0 Å². The van der Waals surface area contributed by atoms with Crippen LogP contribution in [0.25, 0.3) is 0 Å². The molecule has 0 aromatic carbocycles. The molecule has 0 aliphatic heterocycles. The Bertz CT molecular complexity index is 232. The van der Waals surface area contributed by atoms with Crippen molar-refractivity contribution in [2.45, 2.75) is 19.4 Å². The van der Waals surface area contributed by atoms with E-state index in [1.165, 1.54) is 17.3 Å². The van der Waals surface area contributed by atoms with Gasteiger partial charge in [0.25, 0.3) is 0 Å². The molecule has 0 radical (unpaired) electrons. The average Bonchev–Trinajstić information content (AvgIpc) is 2.40. The normalized spacial score (nSPS) is 12.8. The molecule has 11 heavy (non-hydrogen) atoms. The molecule has 1 aromatic heterocycles. The van der Waals surface area contributed by atoms with Gasteiger partial charge >= 0.3 is 5.97 Å². The van der Waals surface area contributed by atoms with Crippen molar-refractivity contribution < 1.29 is 9.90 Å². The molecule has 5 heteroatoms. The predicted molar refractivity (Wildman–Crippen MR) is 37.0 cm³/mol. The van der Waals surface area contributed by atoms with E-state index in [0.29, 0.717) is 6.42 Å². The molecule has 1 aromatic rings. The molecule has 0 amide bonds. The SMILES string of the molecule is CC[C@H](C(=O)O)n1cncn1. The summed E-state index contributed by atoms with van der Waals surface area (Å²) in [6, 6.07) is -0.586. The fraction of sp³-hybridized carbons (Fsp3) is 0.500. The second-order valence-electron chi connectivity index (χ2n) is 2.14. The van der Waals surface area contributed by atoms with Gasteiger partial charge in [-0.2, -0.15) is 5.10 Å². The number of aliphatic carboxylic acids is 1. The van der Waals surface area contributed by atoms with Crippen LogP contribution in [0.4, 0.5) is 0 Å². The van der Waals surface area contributed by atoms with E-state index in [-0.39, 0.29) is 0 Å². The maximum absolute atomic E-state index is 10.5. The van der Waals surface area contributed by atoms with E-state index < -0.39 is 12.0 Å². The fourth-order valence-corrected chi connectivity index (χ4v) is 0.853. The number of hydrogen-bond donors (Lipinski definition) is 1. The van der Waals surface area contributed by atoms with Crippen molar-refractivity contribution in [2.24, 2.45) is 0 Å². The number of carboxylic acid groups (broad SMARTS) is 1. The summed E-state index contributed by atoms with van der Waals surface area (Å²) in [4.78, 5) is 14.2. The smallest absolute Gasteiger partial charge is 0.328 e. The van der Waals surface area contributed by atoms with Crippen LogP contribution >= 0.6 is 0 Å². The van der Waals surface area contributed by atoms with Gasteiger partial charge in [-0.15, -0.1) is 0 Å². The van der Waals surface area contributed by atoms with Crippen molar-refractivity contribution >= 4 is 5.97 Å². The summed E-state index contributed by atoms with van der Waals surface area (Å²) in [5.74, 6) is -0.877. The van der Waals surface area contributed by atoms with Crippen molar-refractivity contribution in [3.05, 3.63) is 12.7 Å². The van der Waals surface area contributed by atoms with Gasteiger partial charge in [0.1, 0.15) is 12.7 Å². The van der Waals surface area contributed by atoms with Crippen molar-refractivity contribution in [1.82, 2.24) is 14.8 Å². The zero-order valence-electron chi connectivity index (χ0n) is 6.14. The van der Waals surface area contributed by atoms with Gasteiger partial charge in [-0.25, -0.2) is 14.5 Å². The van der Waals surface area contributed by atoms with Crippen LogP contribution in [0.15, 0.2) is 12.7 Å². The molecule has 0 fully saturated rings. The van der Waals surface area contributed by atoms with Gasteiger partial charge in [0.2, 0.25) is 0 Å². The molecule has 0 spiro atoms. The summed E-state index contributed by atoms with van der Waals surface area (Å²) in [6.07, 6.45) is 3.24. The molecule has 1 rings (SSSR count). The molecule has 0 unspecified atom stereocenters. The van der Waals surface area contributed by atoms with Crippen LogP contribution in [-0.4, -0.2) is 25.8 Å². The highest BCUT2D eigenvalue weighted by Gasteiger charge is 2.16. The molecule has 0 saturated heterocycles. The van der Waals surface area contributed by atoms with Gasteiger partial charge in [0, 0.05) is 0 Å². The molecule has 60 valence electrons. The molecule has 1 N–H and O–H groups in total. The van der Waals surface area contributed by atoms with Crippen LogP contribution in [-0.2, 0) is 4.79 Å². The highest BCUT2D eigenvalue weighted by Crippen LogP contribution is 2.07. The Kier molecular flexibility index (Phi) is 2.20. The highest BCUT2D eigenvalue weighted by atomic mass is 16.4. The number of carboxylic acids is 1. The Hall–Kier alpha value is -1.39. The molecule has 0 saturated carbocycles. The minimum Gasteiger partial charge on any atom is -0.480 e. The maximum Gasteiger partial charge on any atom is 0.328 e. The first-order chi connectivity index (χ1) is 5.25. The van der Waals surface area contributed by atoms with Crippen molar-refractivity contribution in [2.75, 3.05) is 0 Å². The van der Waals surface area contributed by atoms with E-state index in [1.807, 2.05) is 0 Å². The number of carbonyl (C=O) groups is 1. The van der Waals surface area contributed by atoms with Crippen LogP contribution < -0.4 is 0 Å². The maximum atomic E-state index is 10.5. The predicted octanol–water partition coefficient (Wildman–Crippen LogP) is 0.314. The number of hydrogen-bond acceptors (Lipinski definition) is 3. The molecule has 5 nitrogen and oxygen atoms in total. The summed E-state index contributed by atoms with van der Waals surface area (Å²) in [5.41, 5.74) is 0. The van der Waals surface area contributed by atoms with E-state index in [9.17, 15) is 4.79 Å². The molecule has 0 bridgehead atoms. The summed E-state index contributed by atoms with van der Waals surface area (Å²) in [7, 11) is 0. The Morgan fingerprint density at radius 3 is 2.91 bits per heavy atom. The lowest BCUT2D eigenvalue weighted by atomic mass is 10.2. The van der Waals surface area contributed by atoms with Crippen molar-refractivity contribution in [3.8, 4) is 0 Å². The van der Waals surface area contributed by atoms with Crippen molar-refractivity contribution in [1.29, 1.82) is 0 Å². The van der Waals surface area contributed by atoms with Gasteiger partial charge in [-0.05, 0) is 6.42 Å².